The lowest BCUT2D eigenvalue weighted by Gasteiger charge is -2.27. The van der Waals surface area contributed by atoms with Gasteiger partial charge in [0.2, 0.25) is 0 Å². The third-order valence-corrected chi connectivity index (χ3v) is 2.96. The first-order valence-corrected chi connectivity index (χ1v) is 6.13. The van der Waals surface area contributed by atoms with Gasteiger partial charge in [-0.1, -0.05) is 57.0 Å². The molecule has 0 aliphatic heterocycles. The molecule has 0 unspecified atom stereocenters. The molecule has 0 atom stereocenters. The number of nitrogens with one attached hydrogen (secondary N) is 1. The second-order valence-electron chi connectivity index (χ2n) is 5.80. The van der Waals surface area contributed by atoms with E-state index in [1.165, 1.54) is 16.7 Å². The maximum absolute atomic E-state index is 3.52. The predicted octanol–water partition coefficient (Wildman–Crippen LogP) is 3.58. The van der Waals surface area contributed by atoms with E-state index < -0.39 is 0 Å². The number of aryl methyl sites for hydroxylation is 2. The Kier molecular flexibility index (Phi) is 4.15. The van der Waals surface area contributed by atoms with Gasteiger partial charge in [-0.3, -0.25) is 0 Å². The van der Waals surface area contributed by atoms with Crippen LogP contribution in [0.1, 0.15) is 44.4 Å². The van der Waals surface area contributed by atoms with Gasteiger partial charge in [-0.05, 0) is 19.4 Å². The highest BCUT2D eigenvalue weighted by molar-refractivity contribution is 5.33. The standard InChI is InChI=1S/C15H25N/c1-11(2)16-10-15(5,6)14-8-12(3)7-13(4)9-14/h7-9,11,16H,10H2,1-6H3. The fourth-order valence-electron chi connectivity index (χ4n) is 1.93. The molecule has 16 heavy (non-hydrogen) atoms. The van der Waals surface area contributed by atoms with E-state index in [0.29, 0.717) is 6.04 Å². The van der Waals surface area contributed by atoms with Gasteiger partial charge in [0.1, 0.15) is 0 Å². The monoisotopic (exact) mass is 219 g/mol. The zero-order valence-corrected chi connectivity index (χ0v) is 11.5. The second-order valence-corrected chi connectivity index (χ2v) is 5.80. The Morgan fingerprint density at radius 1 is 1.06 bits per heavy atom. The maximum atomic E-state index is 3.52. The Hall–Kier alpha value is -0.820. The highest BCUT2D eigenvalue weighted by Crippen LogP contribution is 2.24. The van der Waals surface area contributed by atoms with Crippen LogP contribution in [-0.4, -0.2) is 12.6 Å². The van der Waals surface area contributed by atoms with Gasteiger partial charge < -0.3 is 5.32 Å². The van der Waals surface area contributed by atoms with Crippen LogP contribution in [-0.2, 0) is 5.41 Å². The molecule has 0 aliphatic carbocycles. The van der Waals surface area contributed by atoms with Crippen LogP contribution >= 0.6 is 0 Å². The molecule has 0 radical (unpaired) electrons. The van der Waals surface area contributed by atoms with E-state index in [-0.39, 0.29) is 5.41 Å². The molecule has 0 spiro atoms. The molecule has 0 aromatic heterocycles. The minimum atomic E-state index is 0.195. The lowest BCUT2D eigenvalue weighted by atomic mass is 9.83. The topological polar surface area (TPSA) is 12.0 Å². The molecular formula is C15H25N. The molecule has 0 fully saturated rings. The highest BCUT2D eigenvalue weighted by atomic mass is 14.9. The smallest absolute Gasteiger partial charge is 0.00455 e. The van der Waals surface area contributed by atoms with Gasteiger partial charge in [0, 0.05) is 18.0 Å². The normalized spacial score (nSPS) is 12.2. The molecule has 1 heteroatoms. The molecule has 0 amide bonds. The zero-order chi connectivity index (χ0) is 12.3. The van der Waals surface area contributed by atoms with Gasteiger partial charge in [-0.2, -0.15) is 0 Å². The Morgan fingerprint density at radius 3 is 2.00 bits per heavy atom. The molecule has 0 saturated carbocycles. The molecule has 1 rings (SSSR count). The van der Waals surface area contributed by atoms with Crippen LogP contribution in [0.4, 0.5) is 0 Å². The summed E-state index contributed by atoms with van der Waals surface area (Å²) in [5.74, 6) is 0. The summed E-state index contributed by atoms with van der Waals surface area (Å²) in [6, 6.07) is 7.38. The van der Waals surface area contributed by atoms with Gasteiger partial charge in [0.25, 0.3) is 0 Å². The largest absolute Gasteiger partial charge is 0.314 e. The van der Waals surface area contributed by atoms with E-state index >= 15 is 0 Å². The highest BCUT2D eigenvalue weighted by Gasteiger charge is 2.20. The molecular weight excluding hydrogens is 194 g/mol. The van der Waals surface area contributed by atoms with Crippen LogP contribution < -0.4 is 5.32 Å². The van der Waals surface area contributed by atoms with E-state index in [1.807, 2.05) is 0 Å². The van der Waals surface area contributed by atoms with Crippen molar-refractivity contribution in [3.8, 4) is 0 Å². The number of hydrogen-bond donors (Lipinski definition) is 1. The van der Waals surface area contributed by atoms with Gasteiger partial charge in [0.15, 0.2) is 0 Å². The first kappa shape index (κ1) is 13.2. The summed E-state index contributed by atoms with van der Waals surface area (Å²) in [7, 11) is 0. The summed E-state index contributed by atoms with van der Waals surface area (Å²) in [5.41, 5.74) is 4.33. The maximum Gasteiger partial charge on any atom is 0.00455 e. The summed E-state index contributed by atoms with van der Waals surface area (Å²) in [5, 5.41) is 3.52. The average Bonchev–Trinajstić information content (AvgIpc) is 2.13. The van der Waals surface area contributed by atoms with Crippen molar-refractivity contribution in [2.45, 2.75) is 53.0 Å². The Morgan fingerprint density at radius 2 is 1.56 bits per heavy atom. The van der Waals surface area contributed by atoms with Gasteiger partial charge in [0.05, 0.1) is 0 Å². The molecule has 0 aliphatic rings. The van der Waals surface area contributed by atoms with E-state index in [1.54, 1.807) is 0 Å². The number of rotatable bonds is 4. The van der Waals surface area contributed by atoms with Crippen LogP contribution in [0.25, 0.3) is 0 Å². The number of benzene rings is 1. The predicted molar refractivity (Wildman–Crippen MR) is 72.1 cm³/mol. The van der Waals surface area contributed by atoms with Crippen molar-refractivity contribution in [2.24, 2.45) is 0 Å². The van der Waals surface area contributed by atoms with E-state index in [0.717, 1.165) is 6.54 Å². The summed E-state index contributed by atoms with van der Waals surface area (Å²) >= 11 is 0. The van der Waals surface area contributed by atoms with Gasteiger partial charge >= 0.3 is 0 Å². The third-order valence-electron chi connectivity index (χ3n) is 2.96. The summed E-state index contributed by atoms with van der Waals surface area (Å²) < 4.78 is 0. The van der Waals surface area contributed by atoms with E-state index in [9.17, 15) is 0 Å². The van der Waals surface area contributed by atoms with Crippen LogP contribution in [0, 0.1) is 13.8 Å². The van der Waals surface area contributed by atoms with Crippen molar-refractivity contribution < 1.29 is 0 Å². The minimum Gasteiger partial charge on any atom is -0.314 e. The Labute approximate surface area is 100 Å². The average molecular weight is 219 g/mol. The minimum absolute atomic E-state index is 0.195. The molecule has 1 aromatic carbocycles. The lowest BCUT2D eigenvalue weighted by Crippen LogP contribution is -2.36. The number of hydrogen-bond acceptors (Lipinski definition) is 1. The first-order chi connectivity index (χ1) is 7.31. The molecule has 1 N–H and O–H groups in total. The SMILES string of the molecule is Cc1cc(C)cc(C(C)(C)CNC(C)C)c1. The molecule has 0 saturated heterocycles. The quantitative estimate of drug-likeness (QED) is 0.816. The van der Waals surface area contributed by atoms with Crippen LogP contribution in [0.2, 0.25) is 0 Å². The van der Waals surface area contributed by atoms with Crippen molar-refractivity contribution in [1.82, 2.24) is 5.32 Å². The van der Waals surface area contributed by atoms with Crippen molar-refractivity contribution in [2.75, 3.05) is 6.54 Å². The summed E-state index contributed by atoms with van der Waals surface area (Å²) in [6.45, 7) is 14.3. The van der Waals surface area contributed by atoms with E-state index in [4.69, 9.17) is 0 Å². The molecule has 1 nitrogen and oxygen atoms in total. The van der Waals surface area contributed by atoms with Gasteiger partial charge in [-0.15, -0.1) is 0 Å². The van der Waals surface area contributed by atoms with Crippen LogP contribution in [0.5, 0.6) is 0 Å². The molecule has 1 aromatic rings. The summed E-state index contributed by atoms with van der Waals surface area (Å²) in [6.07, 6.45) is 0. The Bertz CT molecular complexity index is 330. The van der Waals surface area contributed by atoms with Crippen molar-refractivity contribution in [3.05, 3.63) is 34.9 Å². The zero-order valence-electron chi connectivity index (χ0n) is 11.5. The lowest BCUT2D eigenvalue weighted by molar-refractivity contribution is 0.441. The van der Waals surface area contributed by atoms with Crippen molar-refractivity contribution >= 4 is 0 Å². The fraction of sp³-hybridized carbons (Fsp3) is 0.600. The Balaban J connectivity index is 2.88. The van der Waals surface area contributed by atoms with Crippen molar-refractivity contribution in [1.29, 1.82) is 0 Å². The molecule has 0 heterocycles. The third kappa shape index (κ3) is 3.64. The van der Waals surface area contributed by atoms with E-state index in [2.05, 4.69) is 65.1 Å². The van der Waals surface area contributed by atoms with Crippen LogP contribution in [0.15, 0.2) is 18.2 Å². The van der Waals surface area contributed by atoms with Gasteiger partial charge in [-0.25, -0.2) is 0 Å². The second kappa shape index (κ2) is 5.01. The first-order valence-electron chi connectivity index (χ1n) is 6.13. The van der Waals surface area contributed by atoms with Crippen molar-refractivity contribution in [3.63, 3.8) is 0 Å². The van der Waals surface area contributed by atoms with Crippen LogP contribution in [0.3, 0.4) is 0 Å². The molecule has 90 valence electrons. The summed E-state index contributed by atoms with van der Waals surface area (Å²) in [4.78, 5) is 0. The fourth-order valence-corrected chi connectivity index (χ4v) is 1.93. The molecule has 0 bridgehead atoms.